The van der Waals surface area contributed by atoms with E-state index in [9.17, 15) is 8.42 Å². The van der Waals surface area contributed by atoms with Crippen molar-refractivity contribution in [1.82, 2.24) is 4.72 Å². The van der Waals surface area contributed by atoms with Crippen molar-refractivity contribution in [3.05, 3.63) is 18.2 Å². The Bertz CT molecular complexity index is 539. The van der Waals surface area contributed by atoms with E-state index in [4.69, 9.17) is 10.5 Å². The normalized spacial score (nSPS) is 19.5. The first-order valence-electron chi connectivity index (χ1n) is 6.21. The van der Waals surface area contributed by atoms with Crippen LogP contribution < -0.4 is 15.8 Å². The van der Waals surface area contributed by atoms with Gasteiger partial charge in [0.1, 0.15) is 0 Å². The summed E-state index contributed by atoms with van der Waals surface area (Å²) in [5.41, 5.74) is 7.00. The highest BCUT2D eigenvalue weighted by Crippen LogP contribution is 2.23. The second kappa shape index (κ2) is 5.77. The number of rotatable bonds is 5. The Labute approximate surface area is 113 Å². The second-order valence-electron chi connectivity index (χ2n) is 4.47. The standard InChI is InChI=1S/C12H19N3O3S/c1-14-19(16,17)10-4-5-12(11(13)7-10)15-8-9-3-2-6-18-9/h4-5,7,9,14-15H,2-3,6,8,13H2,1H3. The minimum absolute atomic E-state index is 0.162. The fraction of sp³-hybridized carbons (Fsp3) is 0.500. The largest absolute Gasteiger partial charge is 0.397 e. The minimum Gasteiger partial charge on any atom is -0.397 e. The molecule has 1 aliphatic heterocycles. The Morgan fingerprint density at radius 3 is 2.84 bits per heavy atom. The first-order valence-corrected chi connectivity index (χ1v) is 7.70. The Balaban J connectivity index is 2.06. The van der Waals surface area contributed by atoms with Crippen molar-refractivity contribution in [3.8, 4) is 0 Å². The smallest absolute Gasteiger partial charge is 0.240 e. The molecule has 19 heavy (non-hydrogen) atoms. The summed E-state index contributed by atoms with van der Waals surface area (Å²) < 4.78 is 31.0. The van der Waals surface area contributed by atoms with Crippen molar-refractivity contribution in [2.24, 2.45) is 0 Å². The van der Waals surface area contributed by atoms with Crippen LogP contribution in [0.5, 0.6) is 0 Å². The molecule has 1 aliphatic rings. The number of anilines is 2. The maximum absolute atomic E-state index is 11.6. The molecule has 2 rings (SSSR count). The van der Waals surface area contributed by atoms with Crippen LogP contribution in [0.25, 0.3) is 0 Å². The number of benzene rings is 1. The van der Waals surface area contributed by atoms with Crippen LogP contribution in [0.2, 0.25) is 0 Å². The lowest BCUT2D eigenvalue weighted by molar-refractivity contribution is 0.120. The SMILES string of the molecule is CNS(=O)(=O)c1ccc(NCC2CCCO2)c(N)c1. The summed E-state index contributed by atoms with van der Waals surface area (Å²) in [6, 6.07) is 4.65. The van der Waals surface area contributed by atoms with Gasteiger partial charge in [0, 0.05) is 13.2 Å². The molecule has 1 aromatic carbocycles. The zero-order valence-corrected chi connectivity index (χ0v) is 11.7. The van der Waals surface area contributed by atoms with E-state index in [0.29, 0.717) is 12.2 Å². The molecule has 0 radical (unpaired) electrons. The average Bonchev–Trinajstić information content (AvgIpc) is 2.90. The summed E-state index contributed by atoms with van der Waals surface area (Å²) in [6.07, 6.45) is 2.33. The molecule has 0 amide bonds. The zero-order valence-electron chi connectivity index (χ0n) is 10.8. The van der Waals surface area contributed by atoms with Gasteiger partial charge in [0.05, 0.1) is 22.4 Å². The molecule has 7 heteroatoms. The van der Waals surface area contributed by atoms with Gasteiger partial charge in [-0.2, -0.15) is 0 Å². The summed E-state index contributed by atoms with van der Waals surface area (Å²) in [5.74, 6) is 0. The molecule has 1 fully saturated rings. The van der Waals surface area contributed by atoms with E-state index >= 15 is 0 Å². The molecule has 1 saturated heterocycles. The molecule has 0 aromatic heterocycles. The molecule has 4 N–H and O–H groups in total. The summed E-state index contributed by atoms with van der Waals surface area (Å²) in [7, 11) is -2.08. The molecule has 0 bridgehead atoms. The Hall–Kier alpha value is -1.31. The number of nitrogens with one attached hydrogen (secondary N) is 2. The van der Waals surface area contributed by atoms with Crippen molar-refractivity contribution < 1.29 is 13.2 Å². The summed E-state index contributed by atoms with van der Waals surface area (Å²) in [6.45, 7) is 1.49. The summed E-state index contributed by atoms with van der Waals surface area (Å²) in [5, 5.41) is 3.19. The Morgan fingerprint density at radius 2 is 2.26 bits per heavy atom. The van der Waals surface area contributed by atoms with Gasteiger partial charge < -0.3 is 15.8 Å². The van der Waals surface area contributed by atoms with Crippen molar-refractivity contribution in [2.45, 2.75) is 23.8 Å². The fourth-order valence-corrected chi connectivity index (χ4v) is 2.78. The van der Waals surface area contributed by atoms with Crippen molar-refractivity contribution in [1.29, 1.82) is 0 Å². The van der Waals surface area contributed by atoms with Crippen LogP contribution in [0.3, 0.4) is 0 Å². The highest BCUT2D eigenvalue weighted by atomic mass is 32.2. The van der Waals surface area contributed by atoms with Gasteiger partial charge in [-0.05, 0) is 38.1 Å². The number of ether oxygens (including phenoxy) is 1. The van der Waals surface area contributed by atoms with Crippen LogP contribution in [0.4, 0.5) is 11.4 Å². The lowest BCUT2D eigenvalue weighted by Crippen LogP contribution is -2.20. The first kappa shape index (κ1) is 14.1. The maximum Gasteiger partial charge on any atom is 0.240 e. The molecule has 0 saturated carbocycles. The third-order valence-electron chi connectivity index (χ3n) is 3.15. The topological polar surface area (TPSA) is 93.5 Å². The third-order valence-corrected chi connectivity index (χ3v) is 4.56. The summed E-state index contributed by atoms with van der Waals surface area (Å²) in [4.78, 5) is 0.162. The highest BCUT2D eigenvalue weighted by Gasteiger charge is 2.16. The lowest BCUT2D eigenvalue weighted by atomic mass is 10.2. The van der Waals surface area contributed by atoms with Crippen LogP contribution in [-0.2, 0) is 14.8 Å². The van der Waals surface area contributed by atoms with E-state index in [1.54, 1.807) is 6.07 Å². The number of hydrogen-bond donors (Lipinski definition) is 3. The van der Waals surface area contributed by atoms with Crippen LogP contribution in [0.15, 0.2) is 23.1 Å². The van der Waals surface area contributed by atoms with Crippen LogP contribution in [0, 0.1) is 0 Å². The molecule has 6 nitrogen and oxygen atoms in total. The van der Waals surface area contributed by atoms with Crippen molar-refractivity contribution in [3.63, 3.8) is 0 Å². The lowest BCUT2D eigenvalue weighted by Gasteiger charge is -2.14. The number of hydrogen-bond acceptors (Lipinski definition) is 5. The van der Waals surface area contributed by atoms with Gasteiger partial charge in [0.25, 0.3) is 0 Å². The van der Waals surface area contributed by atoms with Crippen molar-refractivity contribution >= 4 is 21.4 Å². The van der Waals surface area contributed by atoms with Crippen LogP contribution >= 0.6 is 0 Å². The van der Waals surface area contributed by atoms with E-state index < -0.39 is 10.0 Å². The predicted octanol–water partition coefficient (Wildman–Crippen LogP) is 0.768. The minimum atomic E-state index is -3.45. The molecule has 0 aliphatic carbocycles. The van der Waals surface area contributed by atoms with Crippen LogP contribution in [-0.4, -0.2) is 34.7 Å². The average molecular weight is 285 g/mol. The second-order valence-corrected chi connectivity index (χ2v) is 6.36. The summed E-state index contributed by atoms with van der Waals surface area (Å²) >= 11 is 0. The third kappa shape index (κ3) is 3.37. The van der Waals surface area contributed by atoms with Crippen LogP contribution in [0.1, 0.15) is 12.8 Å². The van der Waals surface area contributed by atoms with E-state index in [1.165, 1.54) is 19.2 Å². The van der Waals surface area contributed by atoms with Gasteiger partial charge in [0.15, 0.2) is 0 Å². The molecule has 1 aromatic rings. The molecule has 106 valence electrons. The van der Waals surface area contributed by atoms with Gasteiger partial charge in [-0.1, -0.05) is 0 Å². The highest BCUT2D eigenvalue weighted by molar-refractivity contribution is 7.89. The van der Waals surface area contributed by atoms with E-state index in [-0.39, 0.29) is 11.0 Å². The van der Waals surface area contributed by atoms with Gasteiger partial charge >= 0.3 is 0 Å². The molecule has 1 atom stereocenters. The number of nitrogen functional groups attached to an aromatic ring is 1. The molecule has 1 unspecified atom stereocenters. The zero-order chi connectivity index (χ0) is 13.9. The van der Waals surface area contributed by atoms with E-state index in [2.05, 4.69) is 10.0 Å². The first-order chi connectivity index (χ1) is 9.03. The quantitative estimate of drug-likeness (QED) is 0.695. The van der Waals surface area contributed by atoms with E-state index in [1.807, 2.05) is 0 Å². The maximum atomic E-state index is 11.6. The number of sulfonamides is 1. The molecular weight excluding hydrogens is 266 g/mol. The van der Waals surface area contributed by atoms with Gasteiger partial charge in [-0.25, -0.2) is 13.1 Å². The molecule has 1 heterocycles. The van der Waals surface area contributed by atoms with Gasteiger partial charge in [-0.15, -0.1) is 0 Å². The molecule has 0 spiro atoms. The van der Waals surface area contributed by atoms with Crippen molar-refractivity contribution in [2.75, 3.05) is 31.2 Å². The van der Waals surface area contributed by atoms with Gasteiger partial charge in [0.2, 0.25) is 10.0 Å². The Morgan fingerprint density at radius 1 is 1.47 bits per heavy atom. The molecular formula is C12H19N3O3S. The Kier molecular flexibility index (Phi) is 4.28. The van der Waals surface area contributed by atoms with E-state index in [0.717, 1.165) is 25.1 Å². The number of nitrogens with two attached hydrogens (primary N) is 1. The monoisotopic (exact) mass is 285 g/mol. The fourth-order valence-electron chi connectivity index (χ4n) is 2.02. The van der Waals surface area contributed by atoms with Gasteiger partial charge in [-0.3, -0.25) is 0 Å². The predicted molar refractivity (Wildman–Crippen MR) is 74.6 cm³/mol.